The fourth-order valence-corrected chi connectivity index (χ4v) is 3.83. The van der Waals surface area contributed by atoms with E-state index in [-0.39, 0.29) is 6.03 Å². The Morgan fingerprint density at radius 1 is 0.963 bits per heavy atom. The van der Waals surface area contributed by atoms with Crippen LogP contribution in [-0.4, -0.2) is 48.2 Å². The van der Waals surface area contributed by atoms with Crippen molar-refractivity contribution in [3.05, 3.63) is 65.7 Å². The van der Waals surface area contributed by atoms with Crippen molar-refractivity contribution in [2.75, 3.05) is 31.5 Å². The minimum Gasteiger partial charge on any atom is -0.322 e. The standard InChI is InChI=1S/C21H27N5O/c1-16-7-5-6-10-18(16)22-21(27)26-13-11-25(12-14-26)20-15-19(23-24-20)17-8-3-2-4-9-17/h2-10,19-20,23-24H,11-15H2,1H3,(H,22,27). The normalized spacial score (nSPS) is 23.4. The predicted molar refractivity (Wildman–Crippen MR) is 107 cm³/mol. The molecule has 2 heterocycles. The van der Waals surface area contributed by atoms with Crippen molar-refractivity contribution in [3.63, 3.8) is 0 Å². The fourth-order valence-electron chi connectivity index (χ4n) is 3.83. The van der Waals surface area contributed by atoms with Gasteiger partial charge in [-0.05, 0) is 30.5 Å². The highest BCUT2D eigenvalue weighted by molar-refractivity contribution is 5.90. The van der Waals surface area contributed by atoms with Gasteiger partial charge in [0.2, 0.25) is 0 Å². The maximum absolute atomic E-state index is 12.6. The molecule has 0 spiro atoms. The first kappa shape index (κ1) is 18.0. The number of carbonyl (C=O) groups is 1. The Morgan fingerprint density at radius 3 is 2.41 bits per heavy atom. The van der Waals surface area contributed by atoms with Crippen molar-refractivity contribution < 1.29 is 4.79 Å². The van der Waals surface area contributed by atoms with E-state index >= 15 is 0 Å². The molecule has 0 aromatic heterocycles. The van der Waals surface area contributed by atoms with Crippen LogP contribution in [0.15, 0.2) is 54.6 Å². The quantitative estimate of drug-likeness (QED) is 0.783. The van der Waals surface area contributed by atoms with Crippen LogP contribution in [0.4, 0.5) is 10.5 Å². The van der Waals surface area contributed by atoms with Gasteiger partial charge in [-0.15, -0.1) is 0 Å². The van der Waals surface area contributed by atoms with Gasteiger partial charge >= 0.3 is 6.03 Å². The number of hydrogen-bond donors (Lipinski definition) is 3. The largest absolute Gasteiger partial charge is 0.322 e. The molecule has 2 saturated heterocycles. The van der Waals surface area contributed by atoms with E-state index in [1.54, 1.807) is 0 Å². The lowest BCUT2D eigenvalue weighted by Gasteiger charge is -2.37. The Kier molecular flexibility index (Phi) is 5.38. The molecule has 2 atom stereocenters. The average molecular weight is 365 g/mol. The van der Waals surface area contributed by atoms with Crippen LogP contribution in [-0.2, 0) is 0 Å². The van der Waals surface area contributed by atoms with Crippen LogP contribution in [0.3, 0.4) is 0 Å². The Bertz CT molecular complexity index is 773. The Labute approximate surface area is 160 Å². The van der Waals surface area contributed by atoms with Crippen molar-refractivity contribution >= 4 is 11.7 Å². The van der Waals surface area contributed by atoms with Gasteiger partial charge < -0.3 is 10.2 Å². The summed E-state index contributed by atoms with van der Waals surface area (Å²) in [6, 6.07) is 18.7. The maximum Gasteiger partial charge on any atom is 0.321 e. The summed E-state index contributed by atoms with van der Waals surface area (Å²) in [5.41, 5.74) is 10.1. The molecule has 0 saturated carbocycles. The van der Waals surface area contributed by atoms with Crippen LogP contribution in [0.1, 0.15) is 23.6 Å². The number of piperazine rings is 1. The average Bonchev–Trinajstić information content (AvgIpc) is 3.21. The molecule has 2 aliphatic heterocycles. The third-order valence-corrected chi connectivity index (χ3v) is 5.51. The smallest absolute Gasteiger partial charge is 0.321 e. The molecule has 27 heavy (non-hydrogen) atoms. The number of carbonyl (C=O) groups excluding carboxylic acids is 1. The minimum absolute atomic E-state index is 0.0105. The molecule has 3 N–H and O–H groups in total. The van der Waals surface area contributed by atoms with Gasteiger partial charge in [0.05, 0.1) is 6.17 Å². The second-order valence-electron chi connectivity index (χ2n) is 7.27. The number of nitrogens with zero attached hydrogens (tertiary/aromatic N) is 2. The molecule has 2 aromatic rings. The highest BCUT2D eigenvalue weighted by atomic mass is 16.2. The fraction of sp³-hybridized carbons (Fsp3) is 0.381. The van der Waals surface area contributed by atoms with Crippen LogP contribution >= 0.6 is 0 Å². The van der Waals surface area contributed by atoms with Gasteiger partial charge in [-0.2, -0.15) is 0 Å². The number of aryl methyl sites for hydroxylation is 1. The van der Waals surface area contributed by atoms with Gasteiger partial charge in [-0.1, -0.05) is 48.5 Å². The van der Waals surface area contributed by atoms with E-state index in [9.17, 15) is 4.79 Å². The number of anilines is 1. The van der Waals surface area contributed by atoms with E-state index in [1.807, 2.05) is 42.2 Å². The number of para-hydroxylation sites is 1. The summed E-state index contributed by atoms with van der Waals surface area (Å²) >= 11 is 0. The van der Waals surface area contributed by atoms with Crippen LogP contribution in [0, 0.1) is 6.92 Å². The molecule has 142 valence electrons. The highest BCUT2D eigenvalue weighted by Gasteiger charge is 2.32. The van der Waals surface area contributed by atoms with E-state index in [0.717, 1.165) is 43.9 Å². The molecule has 0 bridgehead atoms. The first-order valence-electron chi connectivity index (χ1n) is 9.62. The number of benzene rings is 2. The SMILES string of the molecule is Cc1ccccc1NC(=O)N1CCN(C2CC(c3ccccc3)NN2)CC1. The summed E-state index contributed by atoms with van der Waals surface area (Å²) < 4.78 is 0. The van der Waals surface area contributed by atoms with Gasteiger partial charge in [-0.25, -0.2) is 15.6 Å². The molecular weight excluding hydrogens is 338 g/mol. The first-order valence-corrected chi connectivity index (χ1v) is 9.62. The zero-order chi connectivity index (χ0) is 18.6. The predicted octanol–water partition coefficient (Wildman–Crippen LogP) is 2.71. The van der Waals surface area contributed by atoms with Gasteiger partial charge in [0.1, 0.15) is 0 Å². The van der Waals surface area contributed by atoms with Gasteiger partial charge in [-0.3, -0.25) is 4.90 Å². The van der Waals surface area contributed by atoms with Crippen LogP contribution in [0.5, 0.6) is 0 Å². The van der Waals surface area contributed by atoms with Crippen molar-refractivity contribution in [3.8, 4) is 0 Å². The summed E-state index contributed by atoms with van der Waals surface area (Å²) in [6.07, 6.45) is 1.33. The van der Waals surface area contributed by atoms with Crippen LogP contribution < -0.4 is 16.2 Å². The zero-order valence-corrected chi connectivity index (χ0v) is 15.7. The number of nitrogens with one attached hydrogen (secondary N) is 3. The van der Waals surface area contributed by atoms with Gasteiger partial charge in [0.15, 0.2) is 0 Å². The summed E-state index contributed by atoms with van der Waals surface area (Å²) in [6.45, 7) is 5.25. The lowest BCUT2D eigenvalue weighted by Crippen LogP contribution is -2.55. The number of urea groups is 1. The monoisotopic (exact) mass is 365 g/mol. The third-order valence-electron chi connectivity index (χ3n) is 5.51. The third kappa shape index (κ3) is 4.13. The van der Waals surface area contributed by atoms with E-state index in [4.69, 9.17) is 0 Å². The van der Waals surface area contributed by atoms with Crippen molar-refractivity contribution in [2.45, 2.75) is 25.6 Å². The number of rotatable bonds is 3. The topological polar surface area (TPSA) is 59.6 Å². The van der Waals surface area contributed by atoms with Crippen LogP contribution in [0.2, 0.25) is 0 Å². The second kappa shape index (κ2) is 8.08. The Balaban J connectivity index is 1.28. The summed E-state index contributed by atoms with van der Waals surface area (Å²) in [7, 11) is 0. The van der Waals surface area contributed by atoms with Crippen LogP contribution in [0.25, 0.3) is 0 Å². The van der Waals surface area contributed by atoms with Crippen molar-refractivity contribution in [2.24, 2.45) is 0 Å². The molecule has 6 heteroatoms. The molecule has 2 amide bonds. The number of hydrogen-bond acceptors (Lipinski definition) is 4. The van der Waals surface area contributed by atoms with E-state index in [0.29, 0.717) is 12.2 Å². The maximum atomic E-state index is 12.6. The van der Waals surface area contributed by atoms with Crippen molar-refractivity contribution in [1.29, 1.82) is 0 Å². The number of amides is 2. The zero-order valence-electron chi connectivity index (χ0n) is 15.7. The first-order chi connectivity index (χ1) is 13.2. The minimum atomic E-state index is -0.0105. The number of hydrazine groups is 1. The van der Waals surface area contributed by atoms with E-state index in [1.165, 1.54) is 5.56 Å². The highest BCUT2D eigenvalue weighted by Crippen LogP contribution is 2.24. The molecule has 2 fully saturated rings. The molecule has 2 aromatic carbocycles. The summed E-state index contributed by atoms with van der Waals surface area (Å²) in [5.74, 6) is 0. The lowest BCUT2D eigenvalue weighted by atomic mass is 10.0. The molecule has 2 unspecified atom stereocenters. The molecule has 0 aliphatic carbocycles. The molecule has 6 nitrogen and oxygen atoms in total. The summed E-state index contributed by atoms with van der Waals surface area (Å²) in [5, 5.41) is 3.03. The Morgan fingerprint density at radius 2 is 1.67 bits per heavy atom. The molecular formula is C21H27N5O. The lowest BCUT2D eigenvalue weighted by molar-refractivity contribution is 0.103. The van der Waals surface area contributed by atoms with Gasteiger partial charge in [0.25, 0.3) is 0 Å². The Hall–Kier alpha value is -2.41. The van der Waals surface area contributed by atoms with Crippen molar-refractivity contribution in [1.82, 2.24) is 20.7 Å². The molecule has 0 radical (unpaired) electrons. The molecule has 2 aliphatic rings. The van der Waals surface area contributed by atoms with E-state index < -0.39 is 0 Å². The van der Waals surface area contributed by atoms with E-state index in [2.05, 4.69) is 45.3 Å². The van der Waals surface area contributed by atoms with Gasteiger partial charge in [0, 0.05) is 37.9 Å². The second-order valence-corrected chi connectivity index (χ2v) is 7.27. The summed E-state index contributed by atoms with van der Waals surface area (Å²) in [4.78, 5) is 16.9. The molecule has 4 rings (SSSR count).